The van der Waals surface area contributed by atoms with Crippen molar-refractivity contribution >= 4 is 5.82 Å². The van der Waals surface area contributed by atoms with Crippen molar-refractivity contribution in [2.75, 3.05) is 11.9 Å². The number of ether oxygens (including phenoxy) is 1. The molecule has 2 fully saturated rings. The van der Waals surface area contributed by atoms with Gasteiger partial charge in [-0.1, -0.05) is 6.07 Å². The van der Waals surface area contributed by atoms with E-state index < -0.39 is 0 Å². The van der Waals surface area contributed by atoms with Crippen LogP contribution in [0.15, 0.2) is 24.4 Å². The van der Waals surface area contributed by atoms with Crippen molar-refractivity contribution in [3.8, 4) is 0 Å². The molecule has 2 atom stereocenters. The summed E-state index contributed by atoms with van der Waals surface area (Å²) in [5.41, 5.74) is 0. The maximum Gasteiger partial charge on any atom is 0.153 e. The number of hydrogen-bond acceptors (Lipinski definition) is 5. The molecule has 0 amide bonds. The van der Waals surface area contributed by atoms with Gasteiger partial charge in [-0.3, -0.25) is 5.10 Å². The van der Waals surface area contributed by atoms with Crippen molar-refractivity contribution in [1.82, 2.24) is 20.2 Å². The van der Waals surface area contributed by atoms with Crippen LogP contribution in [0.2, 0.25) is 0 Å². The number of anilines is 1. The average Bonchev–Trinajstić information content (AvgIpc) is 3.08. The number of aromatic nitrogens is 4. The predicted molar refractivity (Wildman–Crippen MR) is 77.9 cm³/mol. The van der Waals surface area contributed by atoms with Gasteiger partial charge in [0.15, 0.2) is 11.6 Å². The molecule has 1 aliphatic carbocycles. The molecule has 6 heteroatoms. The van der Waals surface area contributed by atoms with Gasteiger partial charge in [0.1, 0.15) is 11.9 Å². The van der Waals surface area contributed by atoms with E-state index in [0.29, 0.717) is 5.92 Å². The van der Waals surface area contributed by atoms with Crippen LogP contribution in [-0.2, 0) is 4.74 Å². The van der Waals surface area contributed by atoms with Gasteiger partial charge in [-0.15, -0.1) is 0 Å². The summed E-state index contributed by atoms with van der Waals surface area (Å²) in [5.74, 6) is 3.32. The van der Waals surface area contributed by atoms with Crippen LogP contribution < -0.4 is 5.32 Å². The molecule has 0 aromatic carbocycles. The molecule has 2 N–H and O–H groups in total. The van der Waals surface area contributed by atoms with Gasteiger partial charge in [0.05, 0.1) is 6.10 Å². The molecule has 2 aromatic rings. The van der Waals surface area contributed by atoms with E-state index in [1.54, 1.807) is 6.20 Å². The summed E-state index contributed by atoms with van der Waals surface area (Å²) in [5, 5.41) is 10.7. The second kappa shape index (κ2) is 5.44. The Morgan fingerprint density at radius 3 is 3.00 bits per heavy atom. The minimum absolute atomic E-state index is 0.0560. The van der Waals surface area contributed by atoms with Gasteiger partial charge in [0, 0.05) is 18.7 Å². The summed E-state index contributed by atoms with van der Waals surface area (Å²) in [6.07, 6.45) is 6.51. The lowest BCUT2D eigenvalue weighted by Gasteiger charge is -2.13. The molecule has 21 heavy (non-hydrogen) atoms. The number of rotatable bonds is 5. The first-order chi connectivity index (χ1) is 10.4. The molecule has 2 aliphatic rings. The van der Waals surface area contributed by atoms with Crippen LogP contribution in [0.25, 0.3) is 0 Å². The summed E-state index contributed by atoms with van der Waals surface area (Å²) < 4.78 is 6.06. The Morgan fingerprint density at radius 2 is 2.19 bits per heavy atom. The fourth-order valence-corrected chi connectivity index (χ4v) is 2.70. The molecule has 3 heterocycles. The number of nitrogens with one attached hydrogen (secondary N) is 2. The first-order valence-electron chi connectivity index (χ1n) is 7.61. The highest BCUT2D eigenvalue weighted by molar-refractivity contribution is 5.33. The number of hydrogen-bond donors (Lipinski definition) is 2. The van der Waals surface area contributed by atoms with E-state index >= 15 is 0 Å². The summed E-state index contributed by atoms with van der Waals surface area (Å²) >= 11 is 0. The van der Waals surface area contributed by atoms with Gasteiger partial charge >= 0.3 is 0 Å². The quantitative estimate of drug-likeness (QED) is 0.882. The summed E-state index contributed by atoms with van der Waals surface area (Å²) in [7, 11) is 0. The Bertz CT molecular complexity index is 595. The van der Waals surface area contributed by atoms with E-state index in [9.17, 15) is 0 Å². The summed E-state index contributed by atoms with van der Waals surface area (Å²) in [6.45, 7) is 0.775. The first-order valence-corrected chi connectivity index (χ1v) is 7.61. The first kappa shape index (κ1) is 12.8. The van der Waals surface area contributed by atoms with Crippen molar-refractivity contribution in [2.24, 2.45) is 0 Å². The van der Waals surface area contributed by atoms with Crippen molar-refractivity contribution in [2.45, 2.75) is 43.8 Å². The van der Waals surface area contributed by atoms with E-state index in [1.807, 2.05) is 18.2 Å². The lowest BCUT2D eigenvalue weighted by molar-refractivity contribution is 0.0471. The molecule has 6 nitrogen and oxygen atoms in total. The molecule has 0 spiro atoms. The largest absolute Gasteiger partial charge is 0.367 e. The van der Waals surface area contributed by atoms with Crippen LogP contribution >= 0.6 is 0 Å². The van der Waals surface area contributed by atoms with Crippen molar-refractivity contribution in [3.63, 3.8) is 0 Å². The molecule has 110 valence electrons. The number of nitrogens with zero attached hydrogens (tertiary/aromatic N) is 3. The van der Waals surface area contributed by atoms with Crippen LogP contribution in [0.5, 0.6) is 0 Å². The topological polar surface area (TPSA) is 75.7 Å². The number of H-pyrrole nitrogens is 1. The summed E-state index contributed by atoms with van der Waals surface area (Å²) in [6, 6.07) is 5.85. The lowest BCUT2D eigenvalue weighted by Crippen LogP contribution is -2.19. The minimum Gasteiger partial charge on any atom is -0.367 e. The number of pyridine rings is 1. The van der Waals surface area contributed by atoms with Crippen molar-refractivity contribution < 1.29 is 4.74 Å². The van der Waals surface area contributed by atoms with E-state index in [2.05, 4.69) is 25.5 Å². The Labute approximate surface area is 123 Å². The van der Waals surface area contributed by atoms with Crippen LogP contribution in [0, 0.1) is 0 Å². The van der Waals surface area contributed by atoms with Gasteiger partial charge in [-0.25, -0.2) is 9.97 Å². The van der Waals surface area contributed by atoms with Crippen LogP contribution in [-0.4, -0.2) is 32.8 Å². The second-order valence-corrected chi connectivity index (χ2v) is 5.77. The molecule has 0 bridgehead atoms. The third-order valence-corrected chi connectivity index (χ3v) is 4.05. The second-order valence-electron chi connectivity index (χ2n) is 5.77. The molecule has 2 aromatic heterocycles. The van der Waals surface area contributed by atoms with Gasteiger partial charge in [-0.2, -0.15) is 5.10 Å². The Balaban J connectivity index is 1.31. The van der Waals surface area contributed by atoms with Crippen molar-refractivity contribution in [3.05, 3.63) is 36.0 Å². The zero-order valence-corrected chi connectivity index (χ0v) is 11.8. The highest BCUT2D eigenvalue weighted by Crippen LogP contribution is 2.39. The Morgan fingerprint density at radius 1 is 1.24 bits per heavy atom. The van der Waals surface area contributed by atoms with E-state index in [-0.39, 0.29) is 12.2 Å². The SMILES string of the molecule is c1ccc(NC[C@H]2CC[C@@H](c3nc(C4CC4)n[nH]3)O2)nc1. The smallest absolute Gasteiger partial charge is 0.153 e. The highest BCUT2D eigenvalue weighted by atomic mass is 16.5. The molecule has 0 radical (unpaired) electrons. The molecule has 1 saturated heterocycles. The molecular weight excluding hydrogens is 266 g/mol. The molecule has 1 saturated carbocycles. The minimum atomic E-state index is 0.0560. The average molecular weight is 285 g/mol. The fourth-order valence-electron chi connectivity index (χ4n) is 2.70. The van der Waals surface area contributed by atoms with E-state index in [1.165, 1.54) is 12.8 Å². The third-order valence-electron chi connectivity index (χ3n) is 4.05. The third kappa shape index (κ3) is 2.90. The van der Waals surface area contributed by atoms with Gasteiger partial charge in [0.25, 0.3) is 0 Å². The van der Waals surface area contributed by atoms with Crippen LogP contribution in [0.1, 0.15) is 49.4 Å². The standard InChI is InChI=1S/C15H19N5O/c1-2-8-16-13(3-1)17-9-11-6-7-12(21-11)15-18-14(19-20-15)10-4-5-10/h1-3,8,10-12H,4-7,9H2,(H,16,17)(H,18,19,20)/t11-,12+/m1/s1. The molecule has 1 aliphatic heterocycles. The lowest BCUT2D eigenvalue weighted by atomic mass is 10.2. The Hall–Kier alpha value is -1.95. The highest BCUT2D eigenvalue weighted by Gasteiger charge is 2.32. The van der Waals surface area contributed by atoms with Gasteiger partial charge < -0.3 is 10.1 Å². The maximum atomic E-state index is 6.06. The summed E-state index contributed by atoms with van der Waals surface area (Å²) in [4.78, 5) is 8.83. The fraction of sp³-hybridized carbons (Fsp3) is 0.533. The zero-order chi connectivity index (χ0) is 14.1. The number of aromatic amines is 1. The monoisotopic (exact) mass is 285 g/mol. The normalized spacial score (nSPS) is 25.1. The van der Waals surface area contributed by atoms with Crippen LogP contribution in [0.3, 0.4) is 0 Å². The zero-order valence-electron chi connectivity index (χ0n) is 11.8. The Kier molecular flexibility index (Phi) is 3.31. The van der Waals surface area contributed by atoms with Crippen LogP contribution in [0.4, 0.5) is 5.82 Å². The van der Waals surface area contributed by atoms with E-state index in [0.717, 1.165) is 36.9 Å². The van der Waals surface area contributed by atoms with Gasteiger partial charge in [0.2, 0.25) is 0 Å². The van der Waals surface area contributed by atoms with Gasteiger partial charge in [-0.05, 0) is 37.8 Å². The predicted octanol–water partition coefficient (Wildman–Crippen LogP) is 2.41. The maximum absolute atomic E-state index is 6.06. The molecule has 4 rings (SSSR count). The molecule has 0 unspecified atom stereocenters. The van der Waals surface area contributed by atoms with E-state index in [4.69, 9.17) is 4.74 Å². The molecular formula is C15H19N5O. The van der Waals surface area contributed by atoms with Crippen molar-refractivity contribution in [1.29, 1.82) is 0 Å².